The van der Waals surface area contributed by atoms with Gasteiger partial charge in [0, 0.05) is 17.9 Å². The lowest BCUT2D eigenvalue weighted by Gasteiger charge is -2.10. The van der Waals surface area contributed by atoms with Crippen LogP contribution in [0.25, 0.3) is 0 Å². The second-order valence-electron chi connectivity index (χ2n) is 4.87. The van der Waals surface area contributed by atoms with Gasteiger partial charge < -0.3 is 9.67 Å². The second kappa shape index (κ2) is 5.34. The van der Waals surface area contributed by atoms with E-state index < -0.39 is 16.0 Å². The first-order chi connectivity index (χ1) is 9.70. The van der Waals surface area contributed by atoms with Gasteiger partial charge in [-0.1, -0.05) is 12.1 Å². The first-order valence-corrected chi connectivity index (χ1v) is 7.76. The molecule has 21 heavy (non-hydrogen) atoms. The highest BCUT2D eigenvalue weighted by Gasteiger charge is 2.15. The van der Waals surface area contributed by atoms with Crippen molar-refractivity contribution in [3.8, 4) is 0 Å². The summed E-state index contributed by atoms with van der Waals surface area (Å²) in [5.41, 5.74) is 2.63. The van der Waals surface area contributed by atoms with Crippen LogP contribution >= 0.6 is 0 Å². The van der Waals surface area contributed by atoms with Gasteiger partial charge >= 0.3 is 5.97 Å². The molecule has 0 radical (unpaired) electrons. The fraction of sp³-hybridized carbons (Fsp3) is 0.214. The second-order valence-corrected chi connectivity index (χ2v) is 6.43. The van der Waals surface area contributed by atoms with E-state index in [1.54, 1.807) is 25.1 Å². The van der Waals surface area contributed by atoms with Gasteiger partial charge in [0.1, 0.15) is 0 Å². The Morgan fingerprint density at radius 2 is 1.81 bits per heavy atom. The summed E-state index contributed by atoms with van der Waals surface area (Å²) in [7, 11) is -3.70. The molecule has 112 valence electrons. The Bertz CT molecular complexity index is 789. The van der Waals surface area contributed by atoms with Gasteiger partial charge in [-0.3, -0.25) is 0 Å². The monoisotopic (exact) mass is 308 g/mol. The Hall–Kier alpha value is -2.12. The maximum Gasteiger partial charge on any atom is 0.337 e. The van der Waals surface area contributed by atoms with Crippen LogP contribution in [0.3, 0.4) is 0 Å². The number of nitrogens with zero attached hydrogens (tertiary/aromatic N) is 1. The summed E-state index contributed by atoms with van der Waals surface area (Å²) in [6.07, 6.45) is 0. The average Bonchev–Trinajstić information content (AvgIpc) is 2.66. The fourth-order valence-electron chi connectivity index (χ4n) is 2.23. The average molecular weight is 308 g/mol. The number of carbonyl (C=O) groups is 1. The summed E-state index contributed by atoms with van der Waals surface area (Å²) < 4.78 is 24.3. The van der Waals surface area contributed by atoms with E-state index >= 15 is 0 Å². The fourth-order valence-corrected chi connectivity index (χ4v) is 2.74. The van der Waals surface area contributed by atoms with Crippen molar-refractivity contribution in [1.29, 1.82) is 0 Å². The highest BCUT2D eigenvalue weighted by molar-refractivity contribution is 7.89. The Balaban J connectivity index is 2.33. The number of hydrogen-bond acceptors (Lipinski definition) is 3. The Kier molecular flexibility index (Phi) is 3.89. The van der Waals surface area contributed by atoms with Crippen molar-refractivity contribution in [3.63, 3.8) is 0 Å². The van der Waals surface area contributed by atoms with Gasteiger partial charge in [0.05, 0.1) is 10.5 Å². The van der Waals surface area contributed by atoms with Gasteiger partial charge in [0.15, 0.2) is 0 Å². The topological polar surface area (TPSA) is 102 Å². The van der Waals surface area contributed by atoms with Crippen molar-refractivity contribution in [2.45, 2.75) is 25.3 Å². The van der Waals surface area contributed by atoms with Crippen LogP contribution in [0.5, 0.6) is 0 Å². The summed E-state index contributed by atoms with van der Waals surface area (Å²) in [6, 6.07) is 7.84. The molecule has 0 saturated heterocycles. The minimum absolute atomic E-state index is 0.0541. The number of benzene rings is 1. The van der Waals surface area contributed by atoms with E-state index in [2.05, 4.69) is 0 Å². The Morgan fingerprint density at radius 3 is 2.24 bits per heavy atom. The molecule has 2 rings (SSSR count). The molecule has 6 nitrogen and oxygen atoms in total. The van der Waals surface area contributed by atoms with E-state index in [1.165, 1.54) is 12.1 Å². The van der Waals surface area contributed by atoms with Crippen LogP contribution in [0, 0.1) is 13.8 Å². The number of carboxylic acids is 1. The maximum atomic E-state index is 11.2. The Morgan fingerprint density at radius 1 is 1.24 bits per heavy atom. The number of nitrogens with two attached hydrogens (primary N) is 1. The van der Waals surface area contributed by atoms with Gasteiger partial charge in [-0.05, 0) is 37.6 Å². The lowest BCUT2D eigenvalue weighted by atomic mass is 10.2. The number of sulfonamides is 1. The van der Waals surface area contributed by atoms with E-state index in [0.717, 1.165) is 11.3 Å². The number of hydrogen-bond donors (Lipinski definition) is 2. The molecule has 0 amide bonds. The molecule has 0 aliphatic heterocycles. The number of rotatable bonds is 4. The molecule has 2 aromatic rings. The third-order valence-electron chi connectivity index (χ3n) is 3.40. The molecule has 0 unspecified atom stereocenters. The minimum atomic E-state index is -3.70. The molecule has 0 aliphatic carbocycles. The first kappa shape index (κ1) is 15.3. The third-order valence-corrected chi connectivity index (χ3v) is 4.33. The SMILES string of the molecule is Cc1cc(C(=O)O)c(C)n1Cc1ccc(S(N)(=O)=O)cc1. The molecular weight excluding hydrogens is 292 g/mol. The van der Waals surface area contributed by atoms with E-state index in [4.69, 9.17) is 10.2 Å². The van der Waals surface area contributed by atoms with E-state index in [0.29, 0.717) is 12.2 Å². The number of aromatic carboxylic acids is 1. The molecule has 0 spiro atoms. The van der Waals surface area contributed by atoms with Crippen LogP contribution in [-0.2, 0) is 16.6 Å². The third kappa shape index (κ3) is 3.14. The van der Waals surface area contributed by atoms with Gasteiger partial charge in [0.25, 0.3) is 0 Å². The molecule has 0 aliphatic rings. The number of carboxylic acid groups (broad SMARTS) is 1. The Labute approximate surface area is 122 Å². The molecule has 0 atom stereocenters. The lowest BCUT2D eigenvalue weighted by Crippen LogP contribution is -2.12. The predicted molar refractivity (Wildman–Crippen MR) is 77.8 cm³/mol. The van der Waals surface area contributed by atoms with Crippen LogP contribution in [0.1, 0.15) is 27.3 Å². The molecule has 3 N–H and O–H groups in total. The standard InChI is InChI=1S/C14H16N2O4S/c1-9-7-13(14(17)18)10(2)16(9)8-11-3-5-12(6-4-11)21(15,19)20/h3-7H,8H2,1-2H3,(H,17,18)(H2,15,19,20). The zero-order valence-electron chi connectivity index (χ0n) is 11.7. The van der Waals surface area contributed by atoms with Crippen LogP contribution in [-0.4, -0.2) is 24.1 Å². The molecule has 0 saturated carbocycles. The molecule has 1 aromatic heterocycles. The molecule has 7 heteroatoms. The molecule has 0 fully saturated rings. The smallest absolute Gasteiger partial charge is 0.337 e. The zero-order chi connectivity index (χ0) is 15.8. The molecule has 0 bridgehead atoms. The maximum absolute atomic E-state index is 11.2. The van der Waals surface area contributed by atoms with Crippen LogP contribution in [0.4, 0.5) is 0 Å². The molecular formula is C14H16N2O4S. The van der Waals surface area contributed by atoms with Crippen molar-refractivity contribution in [1.82, 2.24) is 4.57 Å². The van der Waals surface area contributed by atoms with Gasteiger partial charge in [0.2, 0.25) is 10.0 Å². The van der Waals surface area contributed by atoms with Crippen LogP contribution in [0.15, 0.2) is 35.2 Å². The van der Waals surface area contributed by atoms with Crippen LogP contribution < -0.4 is 5.14 Å². The van der Waals surface area contributed by atoms with E-state index in [1.807, 2.05) is 11.5 Å². The lowest BCUT2D eigenvalue weighted by molar-refractivity contribution is 0.0696. The molecule has 1 aromatic carbocycles. The van der Waals surface area contributed by atoms with Crippen molar-refractivity contribution in [2.75, 3.05) is 0 Å². The van der Waals surface area contributed by atoms with Gasteiger partial charge in [-0.25, -0.2) is 18.4 Å². The zero-order valence-corrected chi connectivity index (χ0v) is 12.5. The van der Waals surface area contributed by atoms with Crippen molar-refractivity contribution in [2.24, 2.45) is 5.14 Å². The number of aryl methyl sites for hydroxylation is 1. The largest absolute Gasteiger partial charge is 0.478 e. The summed E-state index contributed by atoms with van der Waals surface area (Å²) in [6.45, 7) is 4.04. The summed E-state index contributed by atoms with van der Waals surface area (Å²) >= 11 is 0. The van der Waals surface area contributed by atoms with Crippen molar-refractivity contribution >= 4 is 16.0 Å². The normalized spacial score (nSPS) is 11.6. The quantitative estimate of drug-likeness (QED) is 0.893. The van der Waals surface area contributed by atoms with Crippen molar-refractivity contribution in [3.05, 3.63) is 52.8 Å². The predicted octanol–water partition coefficient (Wildman–Crippen LogP) is 1.50. The van der Waals surface area contributed by atoms with E-state index in [-0.39, 0.29) is 10.5 Å². The summed E-state index contributed by atoms with van der Waals surface area (Å²) in [4.78, 5) is 11.2. The van der Waals surface area contributed by atoms with E-state index in [9.17, 15) is 13.2 Å². The highest BCUT2D eigenvalue weighted by Crippen LogP contribution is 2.18. The first-order valence-electron chi connectivity index (χ1n) is 6.22. The van der Waals surface area contributed by atoms with Gasteiger partial charge in [-0.15, -0.1) is 0 Å². The minimum Gasteiger partial charge on any atom is -0.478 e. The summed E-state index contributed by atoms with van der Waals surface area (Å²) in [5, 5.41) is 14.1. The highest BCUT2D eigenvalue weighted by atomic mass is 32.2. The summed E-state index contributed by atoms with van der Waals surface area (Å²) in [5.74, 6) is -0.959. The number of aromatic nitrogens is 1. The van der Waals surface area contributed by atoms with Crippen molar-refractivity contribution < 1.29 is 18.3 Å². The number of primary sulfonamides is 1. The van der Waals surface area contributed by atoms with Crippen LogP contribution in [0.2, 0.25) is 0 Å². The van der Waals surface area contributed by atoms with Gasteiger partial charge in [-0.2, -0.15) is 0 Å². The molecule has 1 heterocycles.